The molecule has 0 spiro atoms. The molecule has 0 radical (unpaired) electrons. The van der Waals surface area contributed by atoms with Crippen LogP contribution < -0.4 is 5.32 Å². The van der Waals surface area contributed by atoms with Gasteiger partial charge in [-0.05, 0) is 12.1 Å². The summed E-state index contributed by atoms with van der Waals surface area (Å²) in [7, 11) is 0. The van der Waals surface area contributed by atoms with E-state index in [0.29, 0.717) is 0 Å². The summed E-state index contributed by atoms with van der Waals surface area (Å²) in [5, 5.41) is 4.00. The molecule has 0 saturated carbocycles. The molecular formula is C15H17N3OS. The van der Waals surface area contributed by atoms with Gasteiger partial charge in [0.2, 0.25) is 5.91 Å². The molecule has 1 aliphatic rings. The van der Waals surface area contributed by atoms with Gasteiger partial charge in [-0.25, -0.2) is 4.98 Å². The van der Waals surface area contributed by atoms with Crippen LogP contribution in [0.4, 0.5) is 5.69 Å². The maximum Gasteiger partial charge on any atom is 0.226 e. The Morgan fingerprint density at radius 1 is 1.45 bits per heavy atom. The third kappa shape index (κ3) is 2.58. The number of carbonyl (C=O) groups is 1. The number of hydrogen-bond acceptors (Lipinski definition) is 3. The number of carbonyl (C=O) groups excluding carboxylic acids is 1. The van der Waals surface area contributed by atoms with E-state index in [2.05, 4.69) is 21.1 Å². The highest BCUT2D eigenvalue weighted by molar-refractivity contribution is 7.99. The average Bonchev–Trinajstić information content (AvgIpc) is 2.99. The molecule has 3 rings (SSSR count). The number of nitrogens with one attached hydrogen (secondary N) is 1. The predicted molar refractivity (Wildman–Crippen MR) is 81.9 cm³/mol. The van der Waals surface area contributed by atoms with Crippen molar-refractivity contribution in [3.05, 3.63) is 30.5 Å². The van der Waals surface area contributed by atoms with Gasteiger partial charge in [0, 0.05) is 35.7 Å². The van der Waals surface area contributed by atoms with Crippen molar-refractivity contribution in [3.63, 3.8) is 0 Å². The van der Waals surface area contributed by atoms with Crippen molar-refractivity contribution in [1.82, 2.24) is 9.55 Å². The lowest BCUT2D eigenvalue weighted by molar-refractivity contribution is -0.118. The Hall–Kier alpha value is -1.75. The Kier molecular flexibility index (Phi) is 3.53. The maximum absolute atomic E-state index is 11.7. The number of imidazole rings is 1. The van der Waals surface area contributed by atoms with E-state index in [1.807, 2.05) is 38.1 Å². The first-order chi connectivity index (χ1) is 9.63. The zero-order chi connectivity index (χ0) is 14.1. The van der Waals surface area contributed by atoms with E-state index in [4.69, 9.17) is 0 Å². The number of amides is 1. The second-order valence-corrected chi connectivity index (χ2v) is 6.24. The Balaban J connectivity index is 1.85. The van der Waals surface area contributed by atoms with E-state index in [0.717, 1.165) is 34.4 Å². The molecule has 1 amide bonds. The van der Waals surface area contributed by atoms with Crippen LogP contribution in [0.5, 0.6) is 0 Å². The largest absolute Gasteiger partial charge is 0.326 e. The molecule has 1 aromatic heterocycles. The summed E-state index contributed by atoms with van der Waals surface area (Å²) in [6.45, 7) is 4.80. The molecule has 1 aliphatic heterocycles. The van der Waals surface area contributed by atoms with Crippen LogP contribution in [0.15, 0.2) is 35.6 Å². The Labute approximate surface area is 122 Å². The lowest BCUT2D eigenvalue weighted by Gasteiger charge is -2.08. The van der Waals surface area contributed by atoms with Gasteiger partial charge in [0.1, 0.15) is 0 Å². The fourth-order valence-corrected chi connectivity index (χ4v) is 3.03. The monoisotopic (exact) mass is 287 g/mol. The van der Waals surface area contributed by atoms with E-state index >= 15 is 0 Å². The van der Waals surface area contributed by atoms with Crippen LogP contribution in [0.25, 0.3) is 11.3 Å². The first kappa shape index (κ1) is 13.2. The second-order valence-electron chi connectivity index (χ2n) is 5.18. The van der Waals surface area contributed by atoms with Crippen LogP contribution in [0.3, 0.4) is 0 Å². The van der Waals surface area contributed by atoms with Crippen molar-refractivity contribution < 1.29 is 4.79 Å². The number of aromatic nitrogens is 2. The minimum Gasteiger partial charge on any atom is -0.326 e. The number of benzene rings is 1. The first-order valence-electron chi connectivity index (χ1n) is 6.75. The van der Waals surface area contributed by atoms with Crippen LogP contribution in [-0.2, 0) is 11.3 Å². The van der Waals surface area contributed by atoms with Crippen molar-refractivity contribution in [2.75, 3.05) is 11.1 Å². The van der Waals surface area contributed by atoms with Crippen LogP contribution in [0.2, 0.25) is 0 Å². The third-order valence-electron chi connectivity index (χ3n) is 3.25. The highest BCUT2D eigenvalue weighted by Gasteiger charge is 2.15. The second kappa shape index (κ2) is 5.32. The summed E-state index contributed by atoms with van der Waals surface area (Å²) in [6, 6.07) is 7.85. The summed E-state index contributed by atoms with van der Waals surface area (Å²) >= 11 is 1.78. The minimum atomic E-state index is -0.0218. The minimum absolute atomic E-state index is 0.0218. The SMILES string of the molecule is CC(C)C(=O)Nc1cccc(-c2cn3c(n2)SCC3)c1. The standard InChI is InChI=1S/C15H17N3OS/c1-10(2)14(19)16-12-5-3-4-11(8-12)13-9-18-6-7-20-15(18)17-13/h3-5,8-10H,6-7H2,1-2H3,(H,16,19). The van der Waals surface area contributed by atoms with Gasteiger partial charge in [0.05, 0.1) is 5.69 Å². The lowest BCUT2D eigenvalue weighted by Crippen LogP contribution is -2.17. The molecule has 0 unspecified atom stereocenters. The van der Waals surface area contributed by atoms with Gasteiger partial charge < -0.3 is 9.88 Å². The molecule has 0 atom stereocenters. The highest BCUT2D eigenvalue weighted by Crippen LogP contribution is 2.29. The highest BCUT2D eigenvalue weighted by atomic mass is 32.2. The molecule has 4 nitrogen and oxygen atoms in total. The van der Waals surface area contributed by atoms with Crippen molar-refractivity contribution in [3.8, 4) is 11.3 Å². The van der Waals surface area contributed by atoms with Gasteiger partial charge >= 0.3 is 0 Å². The Morgan fingerprint density at radius 3 is 3.05 bits per heavy atom. The summed E-state index contributed by atoms with van der Waals surface area (Å²) in [5.74, 6) is 1.11. The van der Waals surface area contributed by atoms with Gasteiger partial charge in [-0.2, -0.15) is 0 Å². The van der Waals surface area contributed by atoms with E-state index < -0.39 is 0 Å². The van der Waals surface area contributed by atoms with Crippen LogP contribution in [0, 0.1) is 5.92 Å². The molecule has 1 N–H and O–H groups in total. The summed E-state index contributed by atoms with van der Waals surface area (Å²) < 4.78 is 2.18. The van der Waals surface area contributed by atoms with Crippen molar-refractivity contribution in [2.24, 2.45) is 5.92 Å². The molecule has 20 heavy (non-hydrogen) atoms. The molecule has 2 heterocycles. The van der Waals surface area contributed by atoms with Crippen molar-refractivity contribution >= 4 is 23.4 Å². The number of nitrogens with zero attached hydrogens (tertiary/aromatic N) is 2. The predicted octanol–water partition coefficient (Wildman–Crippen LogP) is 3.25. The normalized spacial score (nSPS) is 13.6. The quantitative estimate of drug-likeness (QED) is 0.942. The van der Waals surface area contributed by atoms with Crippen molar-refractivity contribution in [2.45, 2.75) is 25.5 Å². The Morgan fingerprint density at radius 2 is 2.30 bits per heavy atom. The first-order valence-corrected chi connectivity index (χ1v) is 7.73. The van der Waals surface area contributed by atoms with E-state index in [1.165, 1.54) is 0 Å². The summed E-state index contributed by atoms with van der Waals surface area (Å²) in [6.07, 6.45) is 2.08. The fourth-order valence-electron chi connectivity index (χ4n) is 2.09. The maximum atomic E-state index is 11.7. The zero-order valence-corrected chi connectivity index (χ0v) is 12.4. The van der Waals surface area contributed by atoms with Gasteiger partial charge in [0.25, 0.3) is 0 Å². The summed E-state index contributed by atoms with van der Waals surface area (Å²) in [5.41, 5.74) is 2.82. The van der Waals surface area contributed by atoms with E-state index in [9.17, 15) is 4.79 Å². The fraction of sp³-hybridized carbons (Fsp3) is 0.333. The number of fused-ring (bicyclic) bond motifs is 1. The molecule has 104 valence electrons. The number of aryl methyl sites for hydroxylation is 1. The Bertz CT molecular complexity index is 627. The molecule has 0 fully saturated rings. The zero-order valence-electron chi connectivity index (χ0n) is 11.6. The van der Waals surface area contributed by atoms with E-state index in [-0.39, 0.29) is 11.8 Å². The smallest absolute Gasteiger partial charge is 0.226 e. The number of hydrogen-bond donors (Lipinski definition) is 1. The van der Waals surface area contributed by atoms with E-state index in [1.54, 1.807) is 11.8 Å². The molecule has 0 bridgehead atoms. The van der Waals surface area contributed by atoms with Gasteiger partial charge in [-0.1, -0.05) is 37.7 Å². The summed E-state index contributed by atoms with van der Waals surface area (Å²) in [4.78, 5) is 16.4. The van der Waals surface area contributed by atoms with Gasteiger partial charge in [-0.3, -0.25) is 4.79 Å². The molecule has 0 aliphatic carbocycles. The molecule has 2 aromatic rings. The average molecular weight is 287 g/mol. The topological polar surface area (TPSA) is 46.9 Å². The van der Waals surface area contributed by atoms with Gasteiger partial charge in [0.15, 0.2) is 5.16 Å². The molecule has 5 heteroatoms. The number of anilines is 1. The lowest BCUT2D eigenvalue weighted by atomic mass is 10.1. The molecular weight excluding hydrogens is 270 g/mol. The van der Waals surface area contributed by atoms with Gasteiger partial charge in [-0.15, -0.1) is 0 Å². The third-order valence-corrected chi connectivity index (χ3v) is 4.22. The van der Waals surface area contributed by atoms with Crippen LogP contribution in [-0.4, -0.2) is 21.2 Å². The van der Waals surface area contributed by atoms with Crippen LogP contribution >= 0.6 is 11.8 Å². The van der Waals surface area contributed by atoms with Crippen molar-refractivity contribution in [1.29, 1.82) is 0 Å². The number of rotatable bonds is 3. The van der Waals surface area contributed by atoms with Crippen LogP contribution in [0.1, 0.15) is 13.8 Å². The molecule has 1 aromatic carbocycles. The molecule has 0 saturated heterocycles. The number of thioether (sulfide) groups is 1.